The number of nitrogens with zero attached hydrogens (tertiary/aromatic N) is 3. The summed E-state index contributed by atoms with van der Waals surface area (Å²) in [5.74, 6) is 0.457. The lowest BCUT2D eigenvalue weighted by molar-refractivity contribution is -0.118. The number of fused-ring (bicyclic) bond motifs is 1. The molecule has 0 atom stereocenters. The lowest BCUT2D eigenvalue weighted by Gasteiger charge is -2.24. The average Bonchev–Trinajstić information content (AvgIpc) is 3.15. The van der Waals surface area contributed by atoms with Crippen LogP contribution in [0.1, 0.15) is 20.3 Å². The highest BCUT2D eigenvalue weighted by Gasteiger charge is 2.20. The number of hydrogen-bond donors (Lipinski definition) is 0. The molecule has 3 rings (SSSR count). The first-order valence-corrected chi connectivity index (χ1v) is 12.6. The zero-order valence-corrected chi connectivity index (χ0v) is 20.3. The van der Waals surface area contributed by atoms with Crippen molar-refractivity contribution in [1.29, 1.82) is 0 Å². The van der Waals surface area contributed by atoms with Crippen molar-refractivity contribution in [3.63, 3.8) is 0 Å². The Kier molecular flexibility index (Phi) is 8.68. The maximum atomic E-state index is 13.1. The lowest BCUT2D eigenvalue weighted by atomic mass is 10.3. The van der Waals surface area contributed by atoms with E-state index in [1.807, 2.05) is 23.1 Å². The van der Waals surface area contributed by atoms with E-state index in [0.717, 1.165) is 44.4 Å². The van der Waals surface area contributed by atoms with Gasteiger partial charge < -0.3 is 4.90 Å². The molecule has 8 heteroatoms. The first-order chi connectivity index (χ1) is 14.5. The Morgan fingerprint density at radius 2 is 1.87 bits per heavy atom. The minimum absolute atomic E-state index is 0.0647. The summed E-state index contributed by atoms with van der Waals surface area (Å²) in [6.45, 7) is 7.58. The molecule has 30 heavy (non-hydrogen) atoms. The van der Waals surface area contributed by atoms with E-state index in [-0.39, 0.29) is 11.7 Å². The molecular formula is C22H25BrFN3OS2. The van der Waals surface area contributed by atoms with Crippen LogP contribution in [-0.4, -0.2) is 47.7 Å². The van der Waals surface area contributed by atoms with Crippen molar-refractivity contribution < 1.29 is 9.18 Å². The Labute approximate surface area is 193 Å². The highest BCUT2D eigenvalue weighted by molar-refractivity contribution is 9.10. The third-order valence-electron chi connectivity index (χ3n) is 4.80. The fourth-order valence-electron chi connectivity index (χ4n) is 3.03. The molecule has 1 aromatic heterocycles. The smallest absolute Gasteiger partial charge is 0.229 e. The summed E-state index contributed by atoms with van der Waals surface area (Å²) in [6, 6.07) is 12.3. The fraction of sp³-hybridized carbons (Fsp3) is 0.364. The summed E-state index contributed by atoms with van der Waals surface area (Å²) in [7, 11) is 0. The highest BCUT2D eigenvalue weighted by Crippen LogP contribution is 2.31. The molecule has 0 aliphatic heterocycles. The minimum Gasteiger partial charge on any atom is -0.302 e. The Balaban J connectivity index is 1.71. The van der Waals surface area contributed by atoms with Gasteiger partial charge in [0.25, 0.3) is 0 Å². The molecule has 0 radical (unpaired) electrons. The van der Waals surface area contributed by atoms with E-state index in [1.165, 1.54) is 12.1 Å². The molecule has 0 aliphatic carbocycles. The number of thioether (sulfide) groups is 1. The molecule has 0 N–H and O–H groups in total. The molecule has 0 spiro atoms. The zero-order valence-electron chi connectivity index (χ0n) is 17.1. The molecule has 0 unspecified atom stereocenters. The summed E-state index contributed by atoms with van der Waals surface area (Å²) < 4.78 is 15.1. The number of hydrogen-bond acceptors (Lipinski definition) is 5. The van der Waals surface area contributed by atoms with Gasteiger partial charge in [0.05, 0.1) is 10.2 Å². The Bertz CT molecular complexity index is 976. The minimum atomic E-state index is -0.250. The van der Waals surface area contributed by atoms with Gasteiger partial charge in [0.1, 0.15) is 5.82 Å². The van der Waals surface area contributed by atoms with E-state index in [2.05, 4.69) is 34.7 Å². The van der Waals surface area contributed by atoms with Crippen LogP contribution in [0.15, 0.2) is 51.8 Å². The number of aromatic nitrogens is 1. The third-order valence-corrected chi connectivity index (χ3v) is 7.35. The molecule has 0 fully saturated rings. The molecular weight excluding hydrogens is 485 g/mol. The molecule has 0 aliphatic rings. The molecule has 4 nitrogen and oxygen atoms in total. The van der Waals surface area contributed by atoms with E-state index in [0.29, 0.717) is 18.7 Å². The molecule has 160 valence electrons. The van der Waals surface area contributed by atoms with Crippen molar-refractivity contribution in [3.8, 4) is 0 Å². The molecule has 1 heterocycles. The molecule has 0 bridgehead atoms. The monoisotopic (exact) mass is 509 g/mol. The molecule has 3 aromatic rings. The number of benzene rings is 2. The van der Waals surface area contributed by atoms with Crippen molar-refractivity contribution in [1.82, 2.24) is 9.88 Å². The van der Waals surface area contributed by atoms with E-state index >= 15 is 0 Å². The highest BCUT2D eigenvalue weighted by atomic mass is 79.9. The molecule has 0 saturated heterocycles. The number of likely N-dealkylation sites (N-methyl/N-ethyl adjacent to an activating group) is 1. The summed E-state index contributed by atoms with van der Waals surface area (Å²) in [4.78, 5) is 22.9. The van der Waals surface area contributed by atoms with Gasteiger partial charge in [-0.3, -0.25) is 9.69 Å². The van der Waals surface area contributed by atoms with Gasteiger partial charge in [-0.2, -0.15) is 0 Å². The quantitative estimate of drug-likeness (QED) is 0.311. The van der Waals surface area contributed by atoms with Crippen LogP contribution in [0.25, 0.3) is 10.2 Å². The maximum absolute atomic E-state index is 13.1. The van der Waals surface area contributed by atoms with Gasteiger partial charge in [-0.15, -0.1) is 11.8 Å². The van der Waals surface area contributed by atoms with Crippen LogP contribution in [0.3, 0.4) is 0 Å². The number of amides is 1. The topological polar surface area (TPSA) is 36.4 Å². The summed E-state index contributed by atoms with van der Waals surface area (Å²) in [5, 5.41) is 0.743. The Hall–Kier alpha value is -1.48. The van der Waals surface area contributed by atoms with Crippen LogP contribution in [0.4, 0.5) is 9.52 Å². The fourth-order valence-corrected chi connectivity index (χ4v) is 5.43. The predicted molar refractivity (Wildman–Crippen MR) is 129 cm³/mol. The number of thiazole rings is 1. The number of carbonyl (C=O) groups is 1. The summed E-state index contributed by atoms with van der Waals surface area (Å²) in [5.41, 5.74) is 0.902. The molecule has 2 aromatic carbocycles. The van der Waals surface area contributed by atoms with Gasteiger partial charge in [-0.1, -0.05) is 41.1 Å². The number of rotatable bonds is 10. The van der Waals surface area contributed by atoms with E-state index < -0.39 is 0 Å². The number of carbonyl (C=O) groups excluding carboxylic acids is 1. The van der Waals surface area contributed by atoms with Crippen LogP contribution in [-0.2, 0) is 4.79 Å². The van der Waals surface area contributed by atoms with Crippen LogP contribution < -0.4 is 4.90 Å². The second kappa shape index (κ2) is 11.2. The normalized spacial score (nSPS) is 11.4. The predicted octanol–water partition coefficient (Wildman–Crippen LogP) is 6.06. The van der Waals surface area contributed by atoms with Gasteiger partial charge in [0.15, 0.2) is 5.13 Å². The number of halogens is 2. The lowest BCUT2D eigenvalue weighted by Crippen LogP contribution is -2.39. The van der Waals surface area contributed by atoms with Gasteiger partial charge in [0, 0.05) is 34.6 Å². The maximum Gasteiger partial charge on any atom is 0.229 e. The number of anilines is 1. The van der Waals surface area contributed by atoms with E-state index in [4.69, 9.17) is 4.98 Å². The Morgan fingerprint density at radius 3 is 2.57 bits per heavy atom. The first kappa shape index (κ1) is 23.2. The third kappa shape index (κ3) is 6.26. The Morgan fingerprint density at radius 1 is 1.13 bits per heavy atom. The largest absolute Gasteiger partial charge is 0.302 e. The van der Waals surface area contributed by atoms with Gasteiger partial charge in [-0.25, -0.2) is 9.37 Å². The zero-order chi connectivity index (χ0) is 21.5. The molecule has 0 saturated carbocycles. The van der Waals surface area contributed by atoms with Gasteiger partial charge in [-0.05, 0) is 55.6 Å². The van der Waals surface area contributed by atoms with Crippen LogP contribution in [0, 0.1) is 5.82 Å². The van der Waals surface area contributed by atoms with Crippen LogP contribution in [0.5, 0.6) is 0 Å². The van der Waals surface area contributed by atoms with Crippen LogP contribution in [0.2, 0.25) is 0 Å². The second-order valence-corrected chi connectivity index (χ2v) is 9.83. The van der Waals surface area contributed by atoms with E-state index in [9.17, 15) is 9.18 Å². The van der Waals surface area contributed by atoms with E-state index in [1.54, 1.807) is 35.2 Å². The summed E-state index contributed by atoms with van der Waals surface area (Å²) >= 11 is 6.61. The van der Waals surface area contributed by atoms with Crippen molar-refractivity contribution in [2.24, 2.45) is 0 Å². The van der Waals surface area contributed by atoms with Crippen molar-refractivity contribution >= 4 is 60.3 Å². The first-order valence-electron chi connectivity index (χ1n) is 9.97. The van der Waals surface area contributed by atoms with Gasteiger partial charge in [0.2, 0.25) is 5.91 Å². The van der Waals surface area contributed by atoms with Crippen molar-refractivity contribution in [2.75, 3.05) is 36.8 Å². The molecule has 1 amide bonds. The standard InChI is InChI=1S/C22H25BrFN3OS2/c1-3-26(4-2)12-13-27(22-25-19-10-5-16(23)15-20(19)30-22)21(28)11-14-29-18-8-6-17(24)7-9-18/h5-10,15H,3-4,11-14H2,1-2H3. The summed E-state index contributed by atoms with van der Waals surface area (Å²) in [6.07, 6.45) is 0.403. The SMILES string of the molecule is CCN(CC)CCN(C(=O)CCSc1ccc(F)cc1)c1nc2ccc(Br)cc2s1. The van der Waals surface area contributed by atoms with Gasteiger partial charge >= 0.3 is 0 Å². The van der Waals surface area contributed by atoms with Crippen molar-refractivity contribution in [2.45, 2.75) is 25.2 Å². The van der Waals surface area contributed by atoms with Crippen LogP contribution >= 0.6 is 39.0 Å². The second-order valence-electron chi connectivity index (χ2n) is 6.73. The van der Waals surface area contributed by atoms with Crippen molar-refractivity contribution in [3.05, 3.63) is 52.8 Å². The average molecular weight is 510 g/mol.